The number of aliphatic hydroxyl groups is 1. The van der Waals surface area contributed by atoms with Crippen LogP contribution >= 0.6 is 0 Å². The fourth-order valence-corrected chi connectivity index (χ4v) is 2.08. The van der Waals surface area contributed by atoms with Gasteiger partial charge in [0.2, 0.25) is 0 Å². The molecule has 0 aromatic rings. The second-order valence-electron chi connectivity index (χ2n) is 5.30. The molecule has 1 atom stereocenters. The molecule has 1 fully saturated rings. The first-order valence-electron chi connectivity index (χ1n) is 5.95. The van der Waals surface area contributed by atoms with Gasteiger partial charge in [-0.05, 0) is 46.6 Å². The molecule has 1 unspecified atom stereocenters. The summed E-state index contributed by atoms with van der Waals surface area (Å²) >= 11 is 0. The third-order valence-corrected chi connectivity index (χ3v) is 3.20. The summed E-state index contributed by atoms with van der Waals surface area (Å²) in [6.07, 6.45) is 6.29. The van der Waals surface area contributed by atoms with Crippen molar-refractivity contribution in [3.63, 3.8) is 0 Å². The van der Waals surface area contributed by atoms with Crippen LogP contribution in [0.15, 0.2) is 0 Å². The number of likely N-dealkylation sites (tertiary alicyclic amines) is 1. The molecule has 14 heavy (non-hydrogen) atoms. The van der Waals surface area contributed by atoms with Crippen LogP contribution in [-0.4, -0.2) is 34.7 Å². The molecule has 1 saturated heterocycles. The number of hydrogen-bond acceptors (Lipinski definition) is 2. The van der Waals surface area contributed by atoms with Gasteiger partial charge in [0.1, 0.15) is 0 Å². The lowest BCUT2D eigenvalue weighted by atomic mass is 10.0. The second kappa shape index (κ2) is 5.13. The van der Waals surface area contributed by atoms with Crippen LogP contribution in [0.3, 0.4) is 0 Å². The Kier molecular flexibility index (Phi) is 4.39. The minimum Gasteiger partial charge on any atom is -0.390 e. The zero-order chi connectivity index (χ0) is 10.6. The van der Waals surface area contributed by atoms with Gasteiger partial charge in [-0.1, -0.05) is 12.8 Å². The van der Waals surface area contributed by atoms with Gasteiger partial charge in [0, 0.05) is 12.6 Å². The Bertz CT molecular complexity index is 162. The summed E-state index contributed by atoms with van der Waals surface area (Å²) in [6.45, 7) is 8.38. The maximum Gasteiger partial charge on any atom is 0.0603 e. The van der Waals surface area contributed by atoms with Crippen LogP contribution in [0.25, 0.3) is 0 Å². The molecule has 0 saturated carbocycles. The Morgan fingerprint density at radius 3 is 2.64 bits per heavy atom. The summed E-state index contributed by atoms with van der Waals surface area (Å²) < 4.78 is 0. The van der Waals surface area contributed by atoms with E-state index >= 15 is 0 Å². The van der Waals surface area contributed by atoms with Crippen molar-refractivity contribution in [2.24, 2.45) is 0 Å². The van der Waals surface area contributed by atoms with Gasteiger partial charge in [-0.3, -0.25) is 0 Å². The molecule has 1 aliphatic rings. The minimum absolute atomic E-state index is 0.508. The van der Waals surface area contributed by atoms with E-state index in [1.807, 2.05) is 13.8 Å². The van der Waals surface area contributed by atoms with Crippen LogP contribution in [0, 0.1) is 0 Å². The fraction of sp³-hybridized carbons (Fsp3) is 1.00. The lowest BCUT2D eigenvalue weighted by Gasteiger charge is -2.29. The van der Waals surface area contributed by atoms with Crippen molar-refractivity contribution in [1.29, 1.82) is 0 Å². The van der Waals surface area contributed by atoms with E-state index < -0.39 is 5.60 Å². The van der Waals surface area contributed by atoms with Crippen LogP contribution in [-0.2, 0) is 0 Å². The Morgan fingerprint density at radius 2 is 2.00 bits per heavy atom. The maximum absolute atomic E-state index is 9.68. The number of hydrogen-bond donors (Lipinski definition) is 1. The quantitative estimate of drug-likeness (QED) is 0.754. The van der Waals surface area contributed by atoms with Crippen molar-refractivity contribution < 1.29 is 5.11 Å². The van der Waals surface area contributed by atoms with E-state index in [9.17, 15) is 5.11 Å². The summed E-state index contributed by atoms with van der Waals surface area (Å²) in [6, 6.07) is 0.708. The summed E-state index contributed by atoms with van der Waals surface area (Å²) in [5.74, 6) is 0. The predicted molar refractivity (Wildman–Crippen MR) is 60.4 cm³/mol. The molecule has 2 nitrogen and oxygen atoms in total. The Balaban J connectivity index is 2.33. The topological polar surface area (TPSA) is 23.5 Å². The van der Waals surface area contributed by atoms with Crippen molar-refractivity contribution in [3.05, 3.63) is 0 Å². The van der Waals surface area contributed by atoms with Gasteiger partial charge in [0.15, 0.2) is 0 Å². The molecule has 0 aliphatic carbocycles. The van der Waals surface area contributed by atoms with Gasteiger partial charge in [-0.15, -0.1) is 0 Å². The highest BCUT2D eigenvalue weighted by atomic mass is 16.3. The van der Waals surface area contributed by atoms with Crippen LogP contribution in [0.5, 0.6) is 0 Å². The average molecular weight is 199 g/mol. The normalized spacial score (nSPS) is 26.1. The minimum atomic E-state index is -0.508. The molecule has 84 valence electrons. The molecule has 0 radical (unpaired) electrons. The smallest absolute Gasteiger partial charge is 0.0603 e. The zero-order valence-corrected chi connectivity index (χ0v) is 9.92. The molecular weight excluding hydrogens is 174 g/mol. The van der Waals surface area contributed by atoms with E-state index in [1.54, 1.807) is 0 Å². The molecular formula is C12H25NO. The highest BCUT2D eigenvalue weighted by Gasteiger charge is 2.19. The van der Waals surface area contributed by atoms with Gasteiger partial charge >= 0.3 is 0 Å². The van der Waals surface area contributed by atoms with Gasteiger partial charge in [-0.2, -0.15) is 0 Å². The summed E-state index contributed by atoms with van der Waals surface area (Å²) in [7, 11) is 0. The highest BCUT2D eigenvalue weighted by molar-refractivity contribution is 4.75. The molecule has 1 rings (SSSR count). The van der Waals surface area contributed by atoms with E-state index in [4.69, 9.17) is 0 Å². The molecule has 0 spiro atoms. The highest BCUT2D eigenvalue weighted by Crippen LogP contribution is 2.18. The molecule has 1 N–H and O–H groups in total. The average Bonchev–Trinajstić information content (AvgIpc) is 2.25. The molecule has 0 aromatic heterocycles. The van der Waals surface area contributed by atoms with Crippen molar-refractivity contribution in [2.75, 3.05) is 13.1 Å². The Morgan fingerprint density at radius 1 is 1.29 bits per heavy atom. The van der Waals surface area contributed by atoms with Gasteiger partial charge in [-0.25, -0.2) is 0 Å². The standard InChI is InChI=1S/C12H25NO/c1-11-7-5-4-6-9-13(11)10-8-12(2,3)14/h11,14H,4-10H2,1-3H3. The Hall–Kier alpha value is -0.0800. The van der Waals surface area contributed by atoms with Crippen molar-refractivity contribution >= 4 is 0 Å². The fourth-order valence-electron chi connectivity index (χ4n) is 2.08. The molecule has 0 amide bonds. The molecule has 1 heterocycles. The van der Waals surface area contributed by atoms with Crippen LogP contribution in [0.2, 0.25) is 0 Å². The summed E-state index contributed by atoms with van der Waals surface area (Å²) in [5.41, 5.74) is -0.508. The van der Waals surface area contributed by atoms with E-state index in [0.717, 1.165) is 13.0 Å². The molecule has 0 bridgehead atoms. The third-order valence-electron chi connectivity index (χ3n) is 3.20. The maximum atomic E-state index is 9.68. The van der Waals surface area contributed by atoms with Crippen LogP contribution in [0.4, 0.5) is 0 Å². The molecule has 2 heteroatoms. The monoisotopic (exact) mass is 199 g/mol. The summed E-state index contributed by atoms with van der Waals surface area (Å²) in [4.78, 5) is 2.53. The van der Waals surface area contributed by atoms with Crippen molar-refractivity contribution in [1.82, 2.24) is 4.90 Å². The SMILES string of the molecule is CC1CCCCCN1CCC(C)(C)O. The van der Waals surface area contributed by atoms with Crippen LogP contribution < -0.4 is 0 Å². The Labute approximate surface area is 88.3 Å². The number of rotatable bonds is 3. The van der Waals surface area contributed by atoms with Crippen LogP contribution in [0.1, 0.15) is 52.9 Å². The lowest BCUT2D eigenvalue weighted by molar-refractivity contribution is 0.0525. The van der Waals surface area contributed by atoms with Crippen molar-refractivity contribution in [3.8, 4) is 0 Å². The van der Waals surface area contributed by atoms with E-state index in [1.165, 1.54) is 32.2 Å². The first-order chi connectivity index (χ1) is 6.49. The first-order valence-corrected chi connectivity index (χ1v) is 5.95. The van der Waals surface area contributed by atoms with E-state index in [2.05, 4.69) is 11.8 Å². The first kappa shape index (κ1) is 12.0. The molecule has 1 aliphatic heterocycles. The summed E-state index contributed by atoms with van der Waals surface area (Å²) in [5, 5.41) is 9.68. The van der Waals surface area contributed by atoms with Crippen molar-refractivity contribution in [2.45, 2.75) is 64.5 Å². The largest absolute Gasteiger partial charge is 0.390 e. The zero-order valence-electron chi connectivity index (χ0n) is 9.92. The number of nitrogens with zero attached hydrogens (tertiary/aromatic N) is 1. The van der Waals surface area contributed by atoms with E-state index in [0.29, 0.717) is 6.04 Å². The predicted octanol–water partition coefficient (Wildman–Crippen LogP) is 2.41. The lowest BCUT2D eigenvalue weighted by Crippen LogP contribution is -2.36. The molecule has 0 aromatic carbocycles. The van der Waals surface area contributed by atoms with Gasteiger partial charge in [0.05, 0.1) is 5.60 Å². The van der Waals surface area contributed by atoms with Gasteiger partial charge in [0.25, 0.3) is 0 Å². The second-order valence-corrected chi connectivity index (χ2v) is 5.30. The third kappa shape index (κ3) is 4.43. The van der Waals surface area contributed by atoms with Gasteiger partial charge < -0.3 is 10.0 Å². The van der Waals surface area contributed by atoms with E-state index in [-0.39, 0.29) is 0 Å².